The first-order valence-electron chi connectivity index (χ1n) is 11.3. The van der Waals surface area contributed by atoms with E-state index in [1.165, 1.54) is 0 Å². The summed E-state index contributed by atoms with van der Waals surface area (Å²) in [7, 11) is -3.48. The molecule has 2 saturated heterocycles. The largest absolute Gasteiger partial charge is 0.395 e. The molecule has 1 aromatic carbocycles. The normalized spacial score (nSPS) is 18.8. The van der Waals surface area contributed by atoms with Crippen LogP contribution < -0.4 is 9.80 Å². The van der Waals surface area contributed by atoms with Gasteiger partial charge in [-0.1, -0.05) is 19.1 Å². The average molecular weight is 461 g/mol. The Morgan fingerprint density at radius 3 is 1.81 bits per heavy atom. The Bertz CT molecular complexity index is 968. The van der Waals surface area contributed by atoms with Crippen molar-refractivity contribution in [2.75, 3.05) is 75.3 Å². The number of benzene rings is 1. The molecule has 174 valence electrons. The molecule has 0 bridgehead atoms. The molecular formula is C22H32N6O3S. The van der Waals surface area contributed by atoms with Crippen molar-refractivity contribution in [3.8, 4) is 0 Å². The van der Waals surface area contributed by atoms with Crippen molar-refractivity contribution >= 4 is 21.7 Å². The van der Waals surface area contributed by atoms with Gasteiger partial charge in [-0.25, -0.2) is 8.42 Å². The third-order valence-corrected chi connectivity index (χ3v) is 8.19. The molecule has 0 radical (unpaired) electrons. The molecular weight excluding hydrogens is 428 g/mol. The Balaban J connectivity index is 1.33. The van der Waals surface area contributed by atoms with Crippen LogP contribution in [-0.4, -0.2) is 98.4 Å². The number of piperazine rings is 2. The smallest absolute Gasteiger partial charge is 0.243 e. The number of aromatic nitrogens is 2. The van der Waals surface area contributed by atoms with Crippen molar-refractivity contribution in [1.82, 2.24) is 19.4 Å². The highest BCUT2D eigenvalue weighted by atomic mass is 32.2. The summed E-state index contributed by atoms with van der Waals surface area (Å²) in [5.41, 5.74) is 1.13. The first-order chi connectivity index (χ1) is 15.5. The highest BCUT2D eigenvalue weighted by molar-refractivity contribution is 7.89. The highest BCUT2D eigenvalue weighted by Gasteiger charge is 2.29. The Kier molecular flexibility index (Phi) is 7.24. The maximum absolute atomic E-state index is 13.0. The van der Waals surface area contributed by atoms with E-state index in [2.05, 4.69) is 31.8 Å². The van der Waals surface area contributed by atoms with Crippen LogP contribution in [0.4, 0.5) is 11.6 Å². The van der Waals surface area contributed by atoms with Gasteiger partial charge in [0.05, 0.1) is 11.5 Å². The van der Waals surface area contributed by atoms with Crippen LogP contribution in [0.2, 0.25) is 0 Å². The number of aryl methyl sites for hydroxylation is 1. The van der Waals surface area contributed by atoms with Crippen molar-refractivity contribution < 1.29 is 13.5 Å². The number of sulfonamides is 1. The summed E-state index contributed by atoms with van der Waals surface area (Å²) in [5, 5.41) is 17.9. The van der Waals surface area contributed by atoms with Gasteiger partial charge in [0.2, 0.25) is 10.0 Å². The number of aliphatic hydroxyl groups excluding tert-OH is 1. The van der Waals surface area contributed by atoms with E-state index in [1.807, 2.05) is 24.3 Å². The number of hydrogen-bond acceptors (Lipinski definition) is 8. The zero-order valence-corrected chi connectivity index (χ0v) is 19.4. The number of anilines is 2. The van der Waals surface area contributed by atoms with Gasteiger partial charge in [0.1, 0.15) is 0 Å². The van der Waals surface area contributed by atoms with Crippen LogP contribution in [0.15, 0.2) is 41.3 Å². The van der Waals surface area contributed by atoms with E-state index in [9.17, 15) is 8.42 Å². The standard InChI is InChI=1S/C22H32N6O3S/c1-2-19-3-5-20(6-4-19)32(30,31)28-15-13-27(14-16-28)22-8-7-21(23-24-22)26-11-9-25(10-12-26)17-18-29/h3-8,29H,2,9-18H2,1H3. The van der Waals surface area contributed by atoms with Gasteiger partial charge in [0, 0.05) is 58.9 Å². The fourth-order valence-corrected chi connectivity index (χ4v) is 5.62. The Labute approximate surface area is 190 Å². The van der Waals surface area contributed by atoms with E-state index >= 15 is 0 Å². The molecule has 0 aliphatic carbocycles. The Morgan fingerprint density at radius 1 is 0.812 bits per heavy atom. The molecule has 3 heterocycles. The molecule has 9 nitrogen and oxygen atoms in total. The predicted octanol–water partition coefficient (Wildman–Crippen LogP) is 0.664. The lowest BCUT2D eigenvalue weighted by molar-refractivity contribution is 0.188. The van der Waals surface area contributed by atoms with Gasteiger partial charge < -0.3 is 14.9 Å². The van der Waals surface area contributed by atoms with Gasteiger partial charge in [0.15, 0.2) is 11.6 Å². The molecule has 32 heavy (non-hydrogen) atoms. The molecule has 4 rings (SSSR count). The summed E-state index contributed by atoms with van der Waals surface area (Å²) < 4.78 is 27.5. The van der Waals surface area contributed by atoms with E-state index in [1.54, 1.807) is 16.4 Å². The second kappa shape index (κ2) is 10.1. The zero-order valence-electron chi connectivity index (χ0n) is 18.6. The van der Waals surface area contributed by atoms with Crippen LogP contribution >= 0.6 is 0 Å². The fourth-order valence-electron chi connectivity index (χ4n) is 4.20. The van der Waals surface area contributed by atoms with Crippen LogP contribution in [0.25, 0.3) is 0 Å². The third kappa shape index (κ3) is 5.03. The van der Waals surface area contributed by atoms with E-state index in [0.717, 1.165) is 49.8 Å². The number of rotatable bonds is 7. The minimum absolute atomic E-state index is 0.189. The van der Waals surface area contributed by atoms with Crippen molar-refractivity contribution in [1.29, 1.82) is 0 Å². The van der Waals surface area contributed by atoms with Gasteiger partial charge in [0.25, 0.3) is 0 Å². The average Bonchev–Trinajstić information content (AvgIpc) is 2.85. The third-order valence-electron chi connectivity index (χ3n) is 6.28. The van der Waals surface area contributed by atoms with Crippen LogP contribution in [0.1, 0.15) is 12.5 Å². The maximum Gasteiger partial charge on any atom is 0.243 e. The van der Waals surface area contributed by atoms with Crippen LogP contribution in [0.5, 0.6) is 0 Å². The fraction of sp³-hybridized carbons (Fsp3) is 0.545. The van der Waals surface area contributed by atoms with Crippen molar-refractivity contribution in [3.05, 3.63) is 42.0 Å². The van der Waals surface area contributed by atoms with Gasteiger partial charge in [-0.05, 0) is 36.2 Å². The topological polar surface area (TPSA) is 93.1 Å². The van der Waals surface area contributed by atoms with Crippen LogP contribution in [-0.2, 0) is 16.4 Å². The van der Waals surface area contributed by atoms with Crippen molar-refractivity contribution in [2.45, 2.75) is 18.2 Å². The predicted molar refractivity (Wildman–Crippen MR) is 125 cm³/mol. The number of hydrogen-bond donors (Lipinski definition) is 1. The molecule has 10 heteroatoms. The van der Waals surface area contributed by atoms with Gasteiger partial charge in [-0.3, -0.25) is 4.90 Å². The lowest BCUT2D eigenvalue weighted by Gasteiger charge is -2.36. The van der Waals surface area contributed by atoms with Gasteiger partial charge >= 0.3 is 0 Å². The van der Waals surface area contributed by atoms with E-state index in [4.69, 9.17) is 5.11 Å². The summed E-state index contributed by atoms with van der Waals surface area (Å²) in [6.45, 7) is 8.51. The zero-order chi connectivity index (χ0) is 22.6. The minimum Gasteiger partial charge on any atom is -0.395 e. The summed E-state index contributed by atoms with van der Waals surface area (Å²) in [5.74, 6) is 1.63. The summed E-state index contributed by atoms with van der Waals surface area (Å²) in [4.78, 5) is 6.89. The SMILES string of the molecule is CCc1ccc(S(=O)(=O)N2CCN(c3ccc(N4CCN(CCO)CC4)nn3)CC2)cc1. The maximum atomic E-state index is 13.0. The molecule has 0 spiro atoms. The summed E-state index contributed by atoms with van der Waals surface area (Å²) >= 11 is 0. The molecule has 2 aliphatic heterocycles. The molecule has 0 atom stereocenters. The molecule has 1 N–H and O–H groups in total. The second-order valence-electron chi connectivity index (χ2n) is 8.19. The quantitative estimate of drug-likeness (QED) is 0.644. The van der Waals surface area contributed by atoms with Gasteiger partial charge in [-0.15, -0.1) is 10.2 Å². The van der Waals surface area contributed by atoms with Crippen LogP contribution in [0.3, 0.4) is 0 Å². The lowest BCUT2D eigenvalue weighted by atomic mass is 10.2. The molecule has 2 aromatic rings. The molecule has 0 amide bonds. The van der Waals surface area contributed by atoms with Gasteiger partial charge in [-0.2, -0.15) is 4.31 Å². The number of β-amino-alcohol motifs (C(OH)–C–C–N with tert-alkyl or cyclic N) is 1. The van der Waals surface area contributed by atoms with E-state index < -0.39 is 10.0 Å². The second-order valence-corrected chi connectivity index (χ2v) is 10.1. The molecule has 1 aromatic heterocycles. The molecule has 0 unspecified atom stereocenters. The molecule has 2 aliphatic rings. The first kappa shape index (κ1) is 22.9. The van der Waals surface area contributed by atoms with E-state index in [0.29, 0.717) is 37.6 Å². The molecule has 0 saturated carbocycles. The summed E-state index contributed by atoms with van der Waals surface area (Å²) in [6, 6.07) is 11.1. The highest BCUT2D eigenvalue weighted by Crippen LogP contribution is 2.22. The van der Waals surface area contributed by atoms with E-state index in [-0.39, 0.29) is 6.61 Å². The van der Waals surface area contributed by atoms with Crippen LogP contribution in [0, 0.1) is 0 Å². The molecule has 2 fully saturated rings. The van der Waals surface area contributed by atoms with Crippen molar-refractivity contribution in [2.24, 2.45) is 0 Å². The lowest BCUT2D eigenvalue weighted by Crippen LogP contribution is -2.49. The number of nitrogens with zero attached hydrogens (tertiary/aromatic N) is 6. The minimum atomic E-state index is -3.48. The monoisotopic (exact) mass is 460 g/mol. The Hall–Kier alpha value is -2.27. The number of aliphatic hydroxyl groups is 1. The van der Waals surface area contributed by atoms with Crippen molar-refractivity contribution in [3.63, 3.8) is 0 Å². The Morgan fingerprint density at radius 2 is 1.34 bits per heavy atom. The summed E-state index contributed by atoms with van der Waals surface area (Å²) in [6.07, 6.45) is 0.888. The first-order valence-corrected chi connectivity index (χ1v) is 12.7.